The average molecular weight is 258 g/mol. The van der Waals surface area contributed by atoms with Gasteiger partial charge < -0.3 is 20.1 Å². The first kappa shape index (κ1) is 13.0. The smallest absolute Gasteiger partial charge is 0.330 e. The molecule has 1 aliphatic rings. The second kappa shape index (κ2) is 4.32. The van der Waals surface area contributed by atoms with Gasteiger partial charge in [0.2, 0.25) is 0 Å². The Morgan fingerprint density at radius 3 is 2.72 bits per heavy atom. The molecule has 0 bridgehead atoms. The number of H-pyrrole nitrogens is 1. The van der Waals surface area contributed by atoms with Crippen LogP contribution >= 0.6 is 0 Å². The van der Waals surface area contributed by atoms with Gasteiger partial charge in [-0.05, 0) is 6.92 Å². The third-order valence-corrected chi connectivity index (χ3v) is 3.12. The van der Waals surface area contributed by atoms with Crippen molar-refractivity contribution in [3.05, 3.63) is 33.1 Å². The minimum atomic E-state index is -1.69. The summed E-state index contributed by atoms with van der Waals surface area (Å²) in [6, 6.07) is 1.10. The Morgan fingerprint density at radius 1 is 1.56 bits per heavy atom. The molecule has 8 nitrogen and oxygen atoms in total. The first-order chi connectivity index (χ1) is 8.37. The first-order valence-electron chi connectivity index (χ1n) is 5.36. The van der Waals surface area contributed by atoms with E-state index in [2.05, 4.69) is 0 Å². The highest BCUT2D eigenvalue weighted by Crippen LogP contribution is 2.35. The van der Waals surface area contributed by atoms with Crippen LogP contribution in [0.3, 0.4) is 0 Å². The molecule has 1 saturated heterocycles. The zero-order valence-electron chi connectivity index (χ0n) is 9.61. The van der Waals surface area contributed by atoms with Gasteiger partial charge in [0.15, 0.2) is 6.23 Å². The van der Waals surface area contributed by atoms with Crippen molar-refractivity contribution >= 4 is 0 Å². The number of nitrogens with zero attached hydrogens (tertiary/aromatic N) is 1. The van der Waals surface area contributed by atoms with Gasteiger partial charge in [0.1, 0.15) is 17.8 Å². The van der Waals surface area contributed by atoms with Crippen molar-refractivity contribution in [1.29, 1.82) is 0 Å². The Morgan fingerprint density at radius 2 is 2.22 bits per heavy atom. The maximum Gasteiger partial charge on any atom is 0.330 e. The second-order valence-electron chi connectivity index (χ2n) is 4.39. The third kappa shape index (κ3) is 1.89. The lowest BCUT2D eigenvalue weighted by molar-refractivity contribution is -0.0807. The van der Waals surface area contributed by atoms with Crippen molar-refractivity contribution in [2.24, 2.45) is 0 Å². The summed E-state index contributed by atoms with van der Waals surface area (Å²) in [5, 5.41) is 29.0. The number of hydrogen-bond acceptors (Lipinski definition) is 6. The van der Waals surface area contributed by atoms with Gasteiger partial charge in [0.25, 0.3) is 5.56 Å². The monoisotopic (exact) mass is 258 g/mol. The summed E-state index contributed by atoms with van der Waals surface area (Å²) in [5.74, 6) is 0. The second-order valence-corrected chi connectivity index (χ2v) is 4.39. The van der Waals surface area contributed by atoms with Crippen LogP contribution in [0.2, 0.25) is 0 Å². The van der Waals surface area contributed by atoms with Crippen molar-refractivity contribution in [2.75, 3.05) is 6.61 Å². The Bertz CT molecular complexity index is 548. The van der Waals surface area contributed by atoms with Crippen LogP contribution in [0.15, 0.2) is 21.9 Å². The van der Waals surface area contributed by atoms with E-state index in [1.165, 1.54) is 6.92 Å². The van der Waals surface area contributed by atoms with Gasteiger partial charge in [-0.3, -0.25) is 14.3 Å². The molecule has 18 heavy (non-hydrogen) atoms. The van der Waals surface area contributed by atoms with E-state index in [4.69, 9.17) is 9.84 Å². The molecule has 1 aromatic heterocycles. The maximum absolute atomic E-state index is 11.6. The average Bonchev–Trinajstić information content (AvgIpc) is 2.52. The SMILES string of the molecule is C[C@@]1(O)[C@@H](CO)O[C@@H](n2ccc(=O)[nH]c2=O)[C@@H]1O. The molecule has 1 fully saturated rings. The number of nitrogens with one attached hydrogen (secondary N) is 1. The summed E-state index contributed by atoms with van der Waals surface area (Å²) in [6.45, 7) is 0.800. The zero-order chi connectivity index (χ0) is 13.5. The van der Waals surface area contributed by atoms with E-state index in [0.717, 1.165) is 16.8 Å². The number of aromatic nitrogens is 2. The molecule has 0 aliphatic carbocycles. The molecule has 100 valence electrons. The van der Waals surface area contributed by atoms with Crippen LogP contribution in [0.4, 0.5) is 0 Å². The Kier molecular flexibility index (Phi) is 3.11. The Balaban J connectivity index is 2.41. The van der Waals surface area contributed by atoms with Gasteiger partial charge in [-0.2, -0.15) is 0 Å². The lowest BCUT2D eigenvalue weighted by atomic mass is 9.95. The largest absolute Gasteiger partial charge is 0.394 e. The third-order valence-electron chi connectivity index (χ3n) is 3.12. The quantitative estimate of drug-likeness (QED) is 0.466. The highest BCUT2D eigenvalue weighted by molar-refractivity contribution is 5.00. The molecule has 2 heterocycles. The molecule has 4 N–H and O–H groups in total. The Labute approximate surface area is 101 Å². The molecule has 2 rings (SSSR count). The van der Waals surface area contributed by atoms with Crippen LogP contribution in [0.5, 0.6) is 0 Å². The molecule has 0 spiro atoms. The summed E-state index contributed by atoms with van der Waals surface area (Å²) < 4.78 is 6.19. The normalized spacial score (nSPS) is 35.9. The number of hydrogen-bond donors (Lipinski definition) is 4. The van der Waals surface area contributed by atoms with E-state index < -0.39 is 41.9 Å². The zero-order valence-corrected chi connectivity index (χ0v) is 9.61. The predicted molar refractivity (Wildman–Crippen MR) is 58.9 cm³/mol. The van der Waals surface area contributed by atoms with Crippen molar-refractivity contribution < 1.29 is 20.1 Å². The highest BCUT2D eigenvalue weighted by Gasteiger charge is 2.52. The summed E-state index contributed by atoms with van der Waals surface area (Å²) in [5.41, 5.74) is -3.02. The highest BCUT2D eigenvalue weighted by atomic mass is 16.6. The fraction of sp³-hybridized carbons (Fsp3) is 0.600. The van der Waals surface area contributed by atoms with Gasteiger partial charge >= 0.3 is 5.69 Å². The standard InChI is InChI=1S/C10H14N2O6/c1-10(17)5(4-13)18-8(7(10)15)12-3-2-6(14)11-9(12)16/h2-3,5,7-8,13,15,17H,4H2,1H3,(H,11,14,16)/t5-,7+,8-,10-/m1/s1. The number of rotatable bonds is 2. The van der Waals surface area contributed by atoms with Crippen LogP contribution in [0.1, 0.15) is 13.2 Å². The van der Waals surface area contributed by atoms with Gasteiger partial charge in [-0.1, -0.05) is 0 Å². The topological polar surface area (TPSA) is 125 Å². The van der Waals surface area contributed by atoms with Crippen molar-refractivity contribution in [2.45, 2.75) is 31.0 Å². The number of aliphatic hydroxyl groups excluding tert-OH is 2. The fourth-order valence-corrected chi connectivity index (χ4v) is 1.93. The summed E-state index contributed by atoms with van der Waals surface area (Å²) in [6.07, 6.45) is -2.43. The molecular formula is C10H14N2O6. The van der Waals surface area contributed by atoms with Gasteiger partial charge in [0.05, 0.1) is 6.61 Å². The fourth-order valence-electron chi connectivity index (χ4n) is 1.93. The number of aromatic amines is 1. The molecule has 1 aromatic rings. The summed E-state index contributed by atoms with van der Waals surface area (Å²) >= 11 is 0. The molecule has 0 aromatic carbocycles. The maximum atomic E-state index is 11.6. The molecule has 0 unspecified atom stereocenters. The van der Waals surface area contributed by atoms with E-state index in [1.807, 2.05) is 4.98 Å². The van der Waals surface area contributed by atoms with E-state index in [0.29, 0.717) is 0 Å². The summed E-state index contributed by atoms with van der Waals surface area (Å²) in [4.78, 5) is 24.5. The Hall–Kier alpha value is -1.48. The van der Waals surface area contributed by atoms with Crippen LogP contribution in [-0.2, 0) is 4.74 Å². The van der Waals surface area contributed by atoms with Crippen molar-refractivity contribution in [3.63, 3.8) is 0 Å². The van der Waals surface area contributed by atoms with Crippen LogP contribution in [0.25, 0.3) is 0 Å². The van der Waals surface area contributed by atoms with E-state index >= 15 is 0 Å². The lowest BCUT2D eigenvalue weighted by Gasteiger charge is -2.25. The van der Waals surface area contributed by atoms with Crippen molar-refractivity contribution in [1.82, 2.24) is 9.55 Å². The predicted octanol–water partition coefficient (Wildman–Crippen LogP) is -2.46. The minimum Gasteiger partial charge on any atom is -0.394 e. The van der Waals surface area contributed by atoms with Crippen LogP contribution in [0, 0.1) is 0 Å². The van der Waals surface area contributed by atoms with Crippen molar-refractivity contribution in [3.8, 4) is 0 Å². The van der Waals surface area contributed by atoms with E-state index in [1.54, 1.807) is 0 Å². The van der Waals surface area contributed by atoms with Gasteiger partial charge in [0, 0.05) is 12.3 Å². The molecule has 4 atom stereocenters. The molecule has 0 saturated carbocycles. The number of ether oxygens (including phenoxy) is 1. The minimum absolute atomic E-state index is 0.501. The molecule has 8 heteroatoms. The van der Waals surface area contributed by atoms with Gasteiger partial charge in [-0.15, -0.1) is 0 Å². The van der Waals surface area contributed by atoms with E-state index in [9.17, 15) is 19.8 Å². The lowest BCUT2D eigenvalue weighted by Crippen LogP contribution is -2.46. The molecule has 1 aliphatic heterocycles. The van der Waals surface area contributed by atoms with Gasteiger partial charge in [-0.25, -0.2) is 4.79 Å². The van der Waals surface area contributed by atoms with E-state index in [-0.39, 0.29) is 0 Å². The summed E-state index contributed by atoms with van der Waals surface area (Å²) in [7, 11) is 0. The van der Waals surface area contributed by atoms with Crippen LogP contribution in [-0.4, -0.2) is 49.3 Å². The first-order valence-corrected chi connectivity index (χ1v) is 5.36. The molecular weight excluding hydrogens is 244 g/mol. The number of aliphatic hydroxyl groups is 3. The van der Waals surface area contributed by atoms with Crippen LogP contribution < -0.4 is 11.2 Å². The molecule has 0 amide bonds. The molecule has 0 radical (unpaired) electrons.